The summed E-state index contributed by atoms with van der Waals surface area (Å²) < 4.78 is 29.6. The lowest BCUT2D eigenvalue weighted by molar-refractivity contribution is -0.134. The van der Waals surface area contributed by atoms with Crippen LogP contribution in [-0.2, 0) is 22.4 Å². The molecule has 0 radical (unpaired) electrons. The Kier molecular flexibility index (Phi) is 10.9. The first-order valence-corrected chi connectivity index (χ1v) is 14.4. The fourth-order valence-corrected chi connectivity index (χ4v) is 4.60. The second-order valence-corrected chi connectivity index (χ2v) is 10.3. The fraction of sp³-hybridized carbons (Fsp3) is 0.273. The number of fused-ring (bicyclic) bond motifs is 1. The van der Waals surface area contributed by atoms with Gasteiger partial charge in [-0.3, -0.25) is 9.59 Å². The van der Waals surface area contributed by atoms with Crippen LogP contribution in [0.4, 0.5) is 0 Å². The van der Waals surface area contributed by atoms with Gasteiger partial charge in [-0.1, -0.05) is 67.4 Å². The Morgan fingerprint density at radius 2 is 1.24 bits per heavy atom. The van der Waals surface area contributed by atoms with Crippen molar-refractivity contribution in [3.63, 3.8) is 0 Å². The first-order valence-electron chi connectivity index (χ1n) is 13.7. The minimum absolute atomic E-state index is 0.000264. The highest BCUT2D eigenvalue weighted by Gasteiger charge is 2.28. The number of hydrogen-bond donors (Lipinski definition) is 0. The number of ether oxygens (including phenoxy) is 5. The summed E-state index contributed by atoms with van der Waals surface area (Å²) in [5, 5.41) is 1.87. The Morgan fingerprint density at radius 1 is 0.667 bits per heavy atom. The predicted molar refractivity (Wildman–Crippen MR) is 164 cm³/mol. The molecule has 220 valence electrons. The molecule has 4 aromatic rings. The molecule has 0 bridgehead atoms. The van der Waals surface area contributed by atoms with Crippen LogP contribution in [-0.4, -0.2) is 32.3 Å². The van der Waals surface area contributed by atoms with E-state index in [9.17, 15) is 9.59 Å². The summed E-state index contributed by atoms with van der Waals surface area (Å²) in [6.07, 6.45) is 1.29. The number of halogens is 2. The Balaban J connectivity index is 1.81. The molecule has 0 spiro atoms. The van der Waals surface area contributed by atoms with E-state index in [0.29, 0.717) is 58.2 Å². The number of methoxy groups -OCH3 is 1. The average molecular weight is 612 g/mol. The lowest BCUT2D eigenvalue weighted by Crippen LogP contribution is -2.16. The maximum Gasteiger partial charge on any atom is 0.315 e. The van der Waals surface area contributed by atoms with E-state index in [0.717, 1.165) is 5.56 Å². The molecule has 0 N–H and O–H groups in total. The van der Waals surface area contributed by atoms with Gasteiger partial charge in [0.05, 0.1) is 33.2 Å². The number of carbonyl (C=O) groups excluding carboxylic acids is 2. The second-order valence-electron chi connectivity index (χ2n) is 9.44. The summed E-state index contributed by atoms with van der Waals surface area (Å²) in [4.78, 5) is 26.5. The van der Waals surface area contributed by atoms with E-state index in [-0.39, 0.29) is 35.8 Å². The van der Waals surface area contributed by atoms with Gasteiger partial charge < -0.3 is 23.7 Å². The van der Waals surface area contributed by atoms with Crippen molar-refractivity contribution in [1.29, 1.82) is 0 Å². The molecule has 0 amide bonds. The molecule has 0 saturated carbocycles. The number of para-hydroxylation sites is 1. The van der Waals surface area contributed by atoms with E-state index in [4.69, 9.17) is 46.9 Å². The zero-order valence-electron chi connectivity index (χ0n) is 23.7. The van der Waals surface area contributed by atoms with E-state index in [1.165, 1.54) is 0 Å². The van der Waals surface area contributed by atoms with Crippen LogP contribution in [0.3, 0.4) is 0 Å². The Hall–Kier alpha value is -3.94. The molecule has 42 heavy (non-hydrogen) atoms. The zero-order valence-corrected chi connectivity index (χ0v) is 25.2. The summed E-state index contributed by atoms with van der Waals surface area (Å²) in [6.45, 7) is 4.50. The van der Waals surface area contributed by atoms with Crippen LogP contribution >= 0.6 is 23.2 Å². The van der Waals surface area contributed by atoms with Gasteiger partial charge in [0.2, 0.25) is 11.5 Å². The van der Waals surface area contributed by atoms with Gasteiger partial charge in [0.1, 0.15) is 5.75 Å². The van der Waals surface area contributed by atoms with Crippen LogP contribution in [0, 0.1) is 0 Å². The Morgan fingerprint density at radius 3 is 1.86 bits per heavy atom. The molecule has 0 unspecified atom stereocenters. The number of benzene rings is 4. The highest BCUT2D eigenvalue weighted by Crippen LogP contribution is 2.52. The molecule has 9 heteroatoms. The Labute approximate surface area is 255 Å². The second kappa shape index (κ2) is 14.8. The third-order valence-electron chi connectivity index (χ3n) is 6.21. The molecule has 7 nitrogen and oxygen atoms in total. The van der Waals surface area contributed by atoms with E-state index in [2.05, 4.69) is 0 Å². The van der Waals surface area contributed by atoms with Gasteiger partial charge in [0, 0.05) is 26.4 Å². The lowest BCUT2D eigenvalue weighted by atomic mass is 10.1. The molecule has 0 aliphatic heterocycles. The van der Waals surface area contributed by atoms with Crippen LogP contribution in [0.25, 0.3) is 10.8 Å². The molecule has 4 rings (SSSR count). The van der Waals surface area contributed by atoms with Gasteiger partial charge in [-0.15, -0.1) is 0 Å². The standard InChI is InChI=1S/C33H32Cl2O7/c1-4-16-39-32-30(41-28(36)18-21-10-12-23(34)13-11-21)25-15-14-24(35)20-26(25)31(33(32)40-17-5-2)42-29(37)19-22-8-6-7-9-27(22)38-3/h6-15,20H,4-5,16-19H2,1-3H3. The van der Waals surface area contributed by atoms with Crippen molar-refractivity contribution < 1.29 is 33.3 Å². The van der Waals surface area contributed by atoms with Gasteiger partial charge in [-0.2, -0.15) is 0 Å². The topological polar surface area (TPSA) is 80.3 Å². The summed E-state index contributed by atoms with van der Waals surface area (Å²) in [5.41, 5.74) is 1.40. The van der Waals surface area contributed by atoms with Crippen LogP contribution in [0.5, 0.6) is 28.7 Å². The minimum atomic E-state index is -0.545. The van der Waals surface area contributed by atoms with E-state index >= 15 is 0 Å². The molecule has 0 aliphatic carbocycles. The van der Waals surface area contributed by atoms with E-state index in [1.807, 2.05) is 26.0 Å². The average Bonchev–Trinajstić information content (AvgIpc) is 2.98. The third-order valence-corrected chi connectivity index (χ3v) is 6.70. The van der Waals surface area contributed by atoms with Crippen molar-refractivity contribution >= 4 is 45.9 Å². The SMILES string of the molecule is CCCOc1c(OCCC)c(OC(=O)Cc2ccccc2OC)c2cc(Cl)ccc2c1OC(=O)Cc1ccc(Cl)cc1. The lowest BCUT2D eigenvalue weighted by Gasteiger charge is -2.22. The minimum Gasteiger partial charge on any atom is -0.496 e. The summed E-state index contributed by atoms with van der Waals surface area (Å²) in [5.74, 6) is 0.120. The van der Waals surface area contributed by atoms with E-state index < -0.39 is 11.9 Å². The third kappa shape index (κ3) is 7.66. The van der Waals surface area contributed by atoms with Gasteiger partial charge in [-0.05, 0) is 54.8 Å². The molecule has 0 fully saturated rings. The van der Waals surface area contributed by atoms with Gasteiger partial charge in [0.15, 0.2) is 11.5 Å². The number of esters is 2. The molecule has 0 heterocycles. The van der Waals surface area contributed by atoms with Crippen molar-refractivity contribution in [3.8, 4) is 28.7 Å². The number of rotatable bonds is 13. The summed E-state index contributed by atoms with van der Waals surface area (Å²) in [7, 11) is 1.54. The van der Waals surface area contributed by atoms with Crippen molar-refractivity contribution in [1.82, 2.24) is 0 Å². The maximum atomic E-state index is 13.3. The first-order chi connectivity index (χ1) is 20.3. The fourth-order valence-electron chi connectivity index (χ4n) is 4.30. The number of hydrogen-bond acceptors (Lipinski definition) is 7. The van der Waals surface area contributed by atoms with E-state index in [1.54, 1.807) is 61.7 Å². The number of carbonyl (C=O) groups is 2. The van der Waals surface area contributed by atoms with Crippen LogP contribution in [0.1, 0.15) is 37.8 Å². The smallest absolute Gasteiger partial charge is 0.315 e. The van der Waals surface area contributed by atoms with Gasteiger partial charge >= 0.3 is 11.9 Å². The quantitative estimate of drug-likeness (QED) is 0.112. The highest BCUT2D eigenvalue weighted by atomic mass is 35.5. The molecular weight excluding hydrogens is 579 g/mol. The molecular formula is C33H32Cl2O7. The monoisotopic (exact) mass is 610 g/mol. The van der Waals surface area contributed by atoms with Crippen molar-refractivity contribution in [2.45, 2.75) is 39.5 Å². The normalized spacial score (nSPS) is 10.8. The molecule has 0 saturated heterocycles. The van der Waals surface area contributed by atoms with Gasteiger partial charge in [-0.25, -0.2) is 0 Å². The van der Waals surface area contributed by atoms with Crippen molar-refractivity contribution in [3.05, 3.63) is 87.9 Å². The maximum absolute atomic E-state index is 13.3. The largest absolute Gasteiger partial charge is 0.496 e. The van der Waals surface area contributed by atoms with Crippen molar-refractivity contribution in [2.75, 3.05) is 20.3 Å². The van der Waals surface area contributed by atoms with Crippen molar-refractivity contribution in [2.24, 2.45) is 0 Å². The molecule has 0 atom stereocenters. The van der Waals surface area contributed by atoms with Crippen LogP contribution < -0.4 is 23.7 Å². The molecule has 4 aromatic carbocycles. The highest BCUT2D eigenvalue weighted by molar-refractivity contribution is 6.31. The van der Waals surface area contributed by atoms with Crippen LogP contribution in [0.15, 0.2) is 66.7 Å². The molecule has 0 aliphatic rings. The van der Waals surface area contributed by atoms with Gasteiger partial charge in [0.25, 0.3) is 0 Å². The van der Waals surface area contributed by atoms with Crippen LogP contribution in [0.2, 0.25) is 10.0 Å². The zero-order chi connectivity index (χ0) is 30.1. The Bertz CT molecular complexity index is 1550. The molecule has 0 aromatic heterocycles. The summed E-state index contributed by atoms with van der Waals surface area (Å²) >= 11 is 12.4. The first kappa shape index (κ1) is 31.0. The summed E-state index contributed by atoms with van der Waals surface area (Å²) in [6, 6.07) is 19.2. The predicted octanol–water partition coefficient (Wildman–Crippen LogP) is 8.03.